The van der Waals surface area contributed by atoms with E-state index in [0.29, 0.717) is 11.1 Å². The van der Waals surface area contributed by atoms with Gasteiger partial charge in [-0.3, -0.25) is 4.79 Å². The number of hydrogen-bond acceptors (Lipinski definition) is 5. The van der Waals surface area contributed by atoms with Gasteiger partial charge in [-0.2, -0.15) is 0 Å². The van der Waals surface area contributed by atoms with E-state index in [1.807, 2.05) is 0 Å². The van der Waals surface area contributed by atoms with Crippen LogP contribution in [0.3, 0.4) is 0 Å². The van der Waals surface area contributed by atoms with Gasteiger partial charge in [0.05, 0.1) is 6.54 Å². The van der Waals surface area contributed by atoms with Crippen LogP contribution in [0.4, 0.5) is 4.79 Å². The summed E-state index contributed by atoms with van der Waals surface area (Å²) in [6.07, 6.45) is 1.77. The van der Waals surface area contributed by atoms with E-state index >= 15 is 0 Å². The number of hydrogen-bond donors (Lipinski definition) is 2. The Labute approximate surface area is 110 Å². The molecule has 0 saturated carbocycles. The number of esters is 1. The summed E-state index contributed by atoms with van der Waals surface area (Å²) < 4.78 is 4.35. The number of carbonyl (C=O) groups is 3. The largest absolute Gasteiger partial charge is 0.414 e. The Bertz CT molecular complexity index is 506. The third kappa shape index (κ3) is 4.72. The molecule has 0 radical (unpaired) electrons. The van der Waals surface area contributed by atoms with E-state index in [1.54, 1.807) is 24.3 Å². The average Bonchev–Trinajstić information content (AvgIpc) is 2.44. The maximum absolute atomic E-state index is 11.3. The summed E-state index contributed by atoms with van der Waals surface area (Å²) in [7, 11) is 1.35. The van der Waals surface area contributed by atoms with Crippen molar-refractivity contribution >= 4 is 23.9 Å². The fourth-order valence-corrected chi connectivity index (χ4v) is 1.24. The molecule has 0 aromatic heterocycles. The average molecular weight is 262 g/mol. The van der Waals surface area contributed by atoms with Crippen LogP contribution in [-0.2, 0) is 9.53 Å². The number of alkyl carbamates (subject to hydrolysis) is 1. The van der Waals surface area contributed by atoms with Crippen LogP contribution < -0.4 is 11.1 Å². The maximum atomic E-state index is 11.3. The van der Waals surface area contributed by atoms with Crippen LogP contribution in [0.1, 0.15) is 15.9 Å². The van der Waals surface area contributed by atoms with Crippen LogP contribution in [0.2, 0.25) is 0 Å². The Morgan fingerprint density at radius 2 is 1.89 bits per heavy atom. The summed E-state index contributed by atoms with van der Waals surface area (Å²) in [5, 5.41) is 2.16. The molecular formula is C13H14N2O4. The highest BCUT2D eigenvalue weighted by atomic mass is 16.6. The molecule has 0 aliphatic rings. The van der Waals surface area contributed by atoms with E-state index < -0.39 is 12.1 Å². The zero-order valence-corrected chi connectivity index (χ0v) is 10.4. The zero-order chi connectivity index (χ0) is 14.3. The SMILES string of the molecule is CNC(=O)OC(=O)C=Cc1ccc(C(=O)CN)cc1. The molecule has 6 nitrogen and oxygen atoms in total. The van der Waals surface area contributed by atoms with Gasteiger partial charge in [0.2, 0.25) is 0 Å². The third-order valence-corrected chi connectivity index (χ3v) is 2.23. The van der Waals surface area contributed by atoms with Crippen LogP contribution in [-0.4, -0.2) is 31.4 Å². The van der Waals surface area contributed by atoms with Crippen molar-refractivity contribution in [3.05, 3.63) is 41.5 Å². The number of Topliss-reactive ketones (excluding diaryl/α,β-unsaturated/α-hetero) is 1. The second-order valence-corrected chi connectivity index (χ2v) is 3.54. The Hall–Kier alpha value is -2.47. The molecule has 19 heavy (non-hydrogen) atoms. The molecule has 3 N–H and O–H groups in total. The van der Waals surface area contributed by atoms with Crippen molar-refractivity contribution in [2.45, 2.75) is 0 Å². The minimum atomic E-state index is -0.821. The lowest BCUT2D eigenvalue weighted by atomic mass is 10.1. The van der Waals surface area contributed by atoms with Gasteiger partial charge in [0.15, 0.2) is 5.78 Å². The van der Waals surface area contributed by atoms with Gasteiger partial charge in [0, 0.05) is 18.7 Å². The molecule has 6 heteroatoms. The van der Waals surface area contributed by atoms with Crippen LogP contribution in [0, 0.1) is 0 Å². The Kier molecular flexibility index (Phi) is 5.43. The van der Waals surface area contributed by atoms with E-state index in [9.17, 15) is 14.4 Å². The minimum absolute atomic E-state index is 0.0480. The normalized spacial score (nSPS) is 10.2. The molecule has 0 aliphatic carbocycles. The van der Waals surface area contributed by atoms with Crippen LogP contribution in [0.25, 0.3) is 6.08 Å². The second-order valence-electron chi connectivity index (χ2n) is 3.54. The first kappa shape index (κ1) is 14.6. The number of rotatable bonds is 4. The molecule has 0 atom stereocenters. The Morgan fingerprint density at radius 3 is 2.42 bits per heavy atom. The molecule has 0 unspecified atom stereocenters. The number of ketones is 1. The zero-order valence-electron chi connectivity index (χ0n) is 10.4. The van der Waals surface area contributed by atoms with Crippen LogP contribution >= 0.6 is 0 Å². The molecule has 0 heterocycles. The van der Waals surface area contributed by atoms with Crippen LogP contribution in [0.15, 0.2) is 30.3 Å². The highest BCUT2D eigenvalue weighted by molar-refractivity contribution is 5.98. The number of carbonyl (C=O) groups excluding carboxylic acids is 3. The summed E-state index contributed by atoms with van der Waals surface area (Å²) in [6.45, 7) is -0.0480. The van der Waals surface area contributed by atoms with Crippen molar-refractivity contribution in [3.63, 3.8) is 0 Å². The predicted octanol–water partition coefficient (Wildman–Crippen LogP) is 0.724. The highest BCUT2D eigenvalue weighted by Gasteiger charge is 2.04. The van der Waals surface area contributed by atoms with Crippen molar-refractivity contribution < 1.29 is 19.1 Å². The molecule has 1 aromatic rings. The molecule has 1 aromatic carbocycles. The predicted molar refractivity (Wildman–Crippen MR) is 69.4 cm³/mol. The fraction of sp³-hybridized carbons (Fsp3) is 0.154. The molecule has 0 bridgehead atoms. The second kappa shape index (κ2) is 7.07. The van der Waals surface area contributed by atoms with Crippen molar-refractivity contribution in [3.8, 4) is 0 Å². The molecule has 0 fully saturated rings. The van der Waals surface area contributed by atoms with E-state index in [2.05, 4.69) is 10.1 Å². The Morgan fingerprint density at radius 1 is 1.26 bits per heavy atom. The third-order valence-electron chi connectivity index (χ3n) is 2.23. The molecule has 0 saturated heterocycles. The van der Waals surface area contributed by atoms with Gasteiger partial charge in [-0.05, 0) is 11.6 Å². The van der Waals surface area contributed by atoms with E-state index in [1.165, 1.54) is 13.1 Å². The van der Waals surface area contributed by atoms with Gasteiger partial charge in [0.25, 0.3) is 0 Å². The smallest absolute Gasteiger partial charge is 0.373 e. The molecule has 100 valence electrons. The summed E-state index contributed by atoms with van der Waals surface area (Å²) >= 11 is 0. The van der Waals surface area contributed by atoms with Gasteiger partial charge in [-0.25, -0.2) is 9.59 Å². The fourth-order valence-electron chi connectivity index (χ4n) is 1.24. The van der Waals surface area contributed by atoms with Gasteiger partial charge in [0.1, 0.15) is 0 Å². The van der Waals surface area contributed by atoms with Crippen molar-refractivity contribution in [1.29, 1.82) is 0 Å². The van der Waals surface area contributed by atoms with Crippen molar-refractivity contribution in [2.75, 3.05) is 13.6 Å². The lowest BCUT2D eigenvalue weighted by molar-refractivity contribution is -0.131. The summed E-state index contributed by atoms with van der Waals surface area (Å²) in [6, 6.07) is 6.54. The van der Waals surface area contributed by atoms with Crippen molar-refractivity contribution in [1.82, 2.24) is 5.32 Å². The van der Waals surface area contributed by atoms with E-state index in [0.717, 1.165) is 6.08 Å². The number of nitrogens with two attached hydrogens (primary N) is 1. The quantitative estimate of drug-likeness (QED) is 0.360. The maximum Gasteiger partial charge on any atom is 0.414 e. The highest BCUT2D eigenvalue weighted by Crippen LogP contribution is 2.06. The topological polar surface area (TPSA) is 98.5 Å². The summed E-state index contributed by atoms with van der Waals surface area (Å²) in [4.78, 5) is 33.2. The first-order valence-electron chi connectivity index (χ1n) is 5.51. The first-order valence-corrected chi connectivity index (χ1v) is 5.51. The molecule has 0 spiro atoms. The monoisotopic (exact) mass is 262 g/mol. The number of ether oxygens (including phenoxy) is 1. The number of nitrogens with one attached hydrogen (secondary N) is 1. The molecule has 1 amide bonds. The van der Waals surface area contributed by atoms with Crippen LogP contribution in [0.5, 0.6) is 0 Å². The first-order chi connectivity index (χ1) is 9.06. The number of amides is 1. The molecule has 0 aliphatic heterocycles. The molecule has 1 rings (SSSR count). The van der Waals surface area contributed by atoms with E-state index in [-0.39, 0.29) is 12.3 Å². The Balaban J connectivity index is 2.65. The summed E-state index contributed by atoms with van der Waals surface area (Å²) in [5.74, 6) is -0.934. The van der Waals surface area contributed by atoms with Crippen molar-refractivity contribution in [2.24, 2.45) is 5.73 Å². The van der Waals surface area contributed by atoms with Gasteiger partial charge in [-0.1, -0.05) is 24.3 Å². The van der Waals surface area contributed by atoms with Gasteiger partial charge >= 0.3 is 12.1 Å². The lowest BCUT2D eigenvalue weighted by Crippen LogP contribution is -2.21. The van der Waals surface area contributed by atoms with Gasteiger partial charge in [-0.15, -0.1) is 0 Å². The van der Waals surface area contributed by atoms with Gasteiger partial charge < -0.3 is 15.8 Å². The summed E-state index contributed by atoms with van der Waals surface area (Å²) in [5.41, 5.74) is 6.44. The standard InChI is InChI=1S/C13H14N2O4/c1-15-13(18)19-12(17)7-4-9-2-5-10(6-3-9)11(16)8-14/h2-7H,8,14H2,1H3,(H,15,18). The van der Waals surface area contributed by atoms with E-state index in [4.69, 9.17) is 5.73 Å². The lowest BCUT2D eigenvalue weighted by Gasteiger charge is -1.99. The minimum Gasteiger partial charge on any atom is -0.373 e. The molecular weight excluding hydrogens is 248 g/mol. The number of benzene rings is 1.